The molecule has 0 unspecified atom stereocenters. The number of benzene rings is 2. The molecule has 7 rings (SSSR count). The topological polar surface area (TPSA) is 111 Å². The van der Waals surface area contributed by atoms with Gasteiger partial charge >= 0.3 is 12.1 Å². The largest absolute Gasteiger partial charge is 0.436 e. The van der Waals surface area contributed by atoms with Crippen molar-refractivity contribution in [2.24, 2.45) is 11.8 Å². The first kappa shape index (κ1) is 33.3. The van der Waals surface area contributed by atoms with E-state index in [4.69, 9.17) is 4.74 Å². The van der Waals surface area contributed by atoms with Crippen LogP contribution in [0.15, 0.2) is 48.8 Å². The first-order chi connectivity index (χ1) is 23.8. The molecular weight excluding hydrogens is 618 g/mol. The maximum Gasteiger partial charge on any atom is 0.410 e. The molecule has 4 aliphatic rings. The lowest BCUT2D eigenvalue weighted by molar-refractivity contribution is -0.142. The van der Waals surface area contributed by atoms with Crippen LogP contribution in [-0.2, 0) is 22.4 Å². The highest BCUT2D eigenvalue weighted by atomic mass is 16.6. The highest BCUT2D eigenvalue weighted by Crippen LogP contribution is 2.33. The summed E-state index contributed by atoms with van der Waals surface area (Å²) in [5.41, 5.74) is 5.45. The molecule has 11 nitrogen and oxygen atoms in total. The molecule has 4 aliphatic heterocycles. The Morgan fingerprint density at radius 3 is 2.31 bits per heavy atom. The Labute approximate surface area is 289 Å². The number of aryl methyl sites for hydroxylation is 1. The molecule has 260 valence electrons. The molecule has 1 atom stereocenters. The van der Waals surface area contributed by atoms with Gasteiger partial charge in [-0.05, 0) is 113 Å². The number of anilines is 1. The van der Waals surface area contributed by atoms with E-state index in [2.05, 4.69) is 33.3 Å². The molecule has 4 amide bonds. The van der Waals surface area contributed by atoms with Crippen LogP contribution in [0.25, 0.3) is 11.0 Å². The van der Waals surface area contributed by atoms with Gasteiger partial charge in [0.1, 0.15) is 0 Å². The van der Waals surface area contributed by atoms with Gasteiger partial charge in [0.05, 0.1) is 11.0 Å². The Hall–Kier alpha value is -4.25. The second-order valence-electron chi connectivity index (χ2n) is 14.5. The van der Waals surface area contributed by atoms with Crippen LogP contribution in [-0.4, -0.2) is 113 Å². The monoisotopic (exact) mass is 667 g/mol. The minimum absolute atomic E-state index is 0.0309. The van der Waals surface area contributed by atoms with E-state index in [1.54, 1.807) is 17.3 Å². The molecule has 0 bridgehead atoms. The van der Waals surface area contributed by atoms with E-state index in [-0.39, 0.29) is 24.4 Å². The van der Waals surface area contributed by atoms with Crippen molar-refractivity contribution < 1.29 is 19.1 Å². The van der Waals surface area contributed by atoms with E-state index >= 15 is 0 Å². The Morgan fingerprint density at radius 1 is 0.878 bits per heavy atom. The van der Waals surface area contributed by atoms with E-state index < -0.39 is 12.2 Å². The number of fused-ring (bicyclic) bond motifs is 2. The van der Waals surface area contributed by atoms with Gasteiger partial charge in [0, 0.05) is 63.3 Å². The second-order valence-corrected chi connectivity index (χ2v) is 14.5. The molecule has 0 radical (unpaired) electrons. The van der Waals surface area contributed by atoms with Crippen molar-refractivity contribution in [2.75, 3.05) is 58.2 Å². The summed E-state index contributed by atoms with van der Waals surface area (Å²) in [5, 5.41) is 3.06. The number of nitrogens with zero attached hydrogens (tertiary/aromatic N) is 6. The van der Waals surface area contributed by atoms with Gasteiger partial charge in [0.15, 0.2) is 6.10 Å². The maximum absolute atomic E-state index is 14.2. The third-order valence-electron chi connectivity index (χ3n) is 11.4. The lowest BCUT2D eigenvalue weighted by Crippen LogP contribution is -2.52. The summed E-state index contributed by atoms with van der Waals surface area (Å²) < 4.78 is 6.14. The number of para-hydroxylation sites is 1. The Bertz CT molecular complexity index is 1660. The molecule has 49 heavy (non-hydrogen) atoms. The number of carbonyl (C=O) groups excluding carboxylic acids is 3. The van der Waals surface area contributed by atoms with Gasteiger partial charge in [-0.3, -0.25) is 14.8 Å². The van der Waals surface area contributed by atoms with Crippen LogP contribution in [0, 0.1) is 18.8 Å². The predicted octanol–water partition coefficient (Wildman–Crippen LogP) is 5.12. The SMILES string of the molecule is Cc1cc(C[C@@H](OC(=O)N2CCC(N3CCc4ccccc4NC3=O)CC2)C(=O)N2CCC(C3CCN(C)CC3)CC2)cc2nccnc12. The van der Waals surface area contributed by atoms with Crippen LogP contribution in [0.4, 0.5) is 15.3 Å². The molecule has 5 heterocycles. The number of aromatic nitrogens is 2. The zero-order valence-corrected chi connectivity index (χ0v) is 28.9. The van der Waals surface area contributed by atoms with Gasteiger partial charge in [0.25, 0.3) is 5.91 Å². The minimum atomic E-state index is -0.937. The first-order valence-electron chi connectivity index (χ1n) is 18.1. The van der Waals surface area contributed by atoms with E-state index in [0.717, 1.165) is 71.7 Å². The fraction of sp³-hybridized carbons (Fsp3) is 0.553. The summed E-state index contributed by atoms with van der Waals surface area (Å²) in [7, 11) is 2.19. The zero-order valence-electron chi connectivity index (χ0n) is 28.9. The third kappa shape index (κ3) is 7.51. The average Bonchev–Trinajstić information content (AvgIpc) is 3.29. The molecule has 11 heteroatoms. The molecular formula is C38H49N7O4. The number of hydrogen-bond donors (Lipinski definition) is 1. The first-order valence-corrected chi connectivity index (χ1v) is 18.1. The molecule has 1 aromatic heterocycles. The smallest absolute Gasteiger partial charge is 0.410 e. The molecule has 3 saturated heterocycles. The fourth-order valence-corrected chi connectivity index (χ4v) is 8.42. The summed E-state index contributed by atoms with van der Waals surface area (Å²) in [6.45, 7) is 7.24. The number of likely N-dealkylation sites (tertiary alicyclic amines) is 3. The molecule has 3 aromatic rings. The average molecular weight is 668 g/mol. The Balaban J connectivity index is 1.01. The number of nitrogens with one attached hydrogen (secondary N) is 1. The van der Waals surface area contributed by atoms with Crippen molar-refractivity contribution in [2.45, 2.75) is 70.4 Å². The van der Waals surface area contributed by atoms with Crippen molar-refractivity contribution in [3.05, 3.63) is 65.5 Å². The van der Waals surface area contributed by atoms with Gasteiger partial charge in [0.2, 0.25) is 0 Å². The quantitative estimate of drug-likeness (QED) is 0.389. The lowest BCUT2D eigenvalue weighted by atomic mass is 9.79. The highest BCUT2D eigenvalue weighted by Gasteiger charge is 2.37. The third-order valence-corrected chi connectivity index (χ3v) is 11.4. The molecule has 0 aliphatic carbocycles. The van der Waals surface area contributed by atoms with E-state index in [1.807, 2.05) is 47.1 Å². The van der Waals surface area contributed by atoms with Crippen molar-refractivity contribution in [1.29, 1.82) is 0 Å². The van der Waals surface area contributed by atoms with Crippen molar-refractivity contribution in [3.63, 3.8) is 0 Å². The highest BCUT2D eigenvalue weighted by molar-refractivity contribution is 5.91. The summed E-state index contributed by atoms with van der Waals surface area (Å²) in [5.74, 6) is 1.24. The van der Waals surface area contributed by atoms with Crippen molar-refractivity contribution in [1.82, 2.24) is 29.6 Å². The van der Waals surface area contributed by atoms with E-state index in [1.165, 1.54) is 12.8 Å². The van der Waals surface area contributed by atoms with Crippen LogP contribution < -0.4 is 5.32 Å². The van der Waals surface area contributed by atoms with Crippen LogP contribution in [0.1, 0.15) is 55.2 Å². The number of carbonyl (C=O) groups is 3. The number of hydrogen-bond acceptors (Lipinski definition) is 7. The summed E-state index contributed by atoms with van der Waals surface area (Å²) in [4.78, 5) is 57.9. The maximum atomic E-state index is 14.2. The van der Waals surface area contributed by atoms with Crippen molar-refractivity contribution in [3.8, 4) is 0 Å². The Kier molecular flexibility index (Phi) is 9.98. The molecule has 1 N–H and O–H groups in total. The van der Waals surface area contributed by atoms with Gasteiger partial charge < -0.3 is 29.7 Å². The normalized spacial score (nSPS) is 20.9. The zero-order chi connectivity index (χ0) is 33.9. The van der Waals surface area contributed by atoms with E-state index in [9.17, 15) is 14.4 Å². The summed E-state index contributed by atoms with van der Waals surface area (Å²) in [6, 6.07) is 11.8. The summed E-state index contributed by atoms with van der Waals surface area (Å²) >= 11 is 0. The number of rotatable bonds is 6. The number of amides is 4. The van der Waals surface area contributed by atoms with Crippen LogP contribution in [0.3, 0.4) is 0 Å². The minimum Gasteiger partial charge on any atom is -0.436 e. The van der Waals surface area contributed by atoms with E-state index in [0.29, 0.717) is 51.5 Å². The van der Waals surface area contributed by atoms with Gasteiger partial charge in [-0.1, -0.05) is 24.3 Å². The lowest BCUT2D eigenvalue weighted by Gasteiger charge is -2.40. The molecule has 3 fully saturated rings. The molecule has 0 saturated carbocycles. The van der Waals surface area contributed by atoms with Crippen LogP contribution in [0.5, 0.6) is 0 Å². The van der Waals surface area contributed by atoms with Gasteiger partial charge in [-0.25, -0.2) is 9.59 Å². The van der Waals surface area contributed by atoms with Crippen molar-refractivity contribution >= 4 is 34.8 Å². The predicted molar refractivity (Wildman–Crippen MR) is 188 cm³/mol. The van der Waals surface area contributed by atoms with Gasteiger partial charge in [-0.15, -0.1) is 0 Å². The standard InChI is InChI=1S/C38H49N7O4/c1-26-23-27(24-33-35(26)40-15-14-39-33)25-34(36(46)43-18-9-29(10-19-43)28-7-16-42(2)17-8-28)49-38(48)44-20-12-31(13-21-44)45-22-11-30-5-3-4-6-32(30)41-37(45)47/h3-6,14-15,23-24,28-29,31,34H,7-13,16-22,25H2,1-2H3,(H,41,47)/t34-/m1/s1. The van der Waals surface area contributed by atoms with Gasteiger partial charge in [-0.2, -0.15) is 0 Å². The number of ether oxygens (including phenoxy) is 1. The second kappa shape index (κ2) is 14.7. The molecule has 2 aromatic carbocycles. The van der Waals surface area contributed by atoms with Crippen LogP contribution in [0.2, 0.25) is 0 Å². The number of urea groups is 1. The van der Waals surface area contributed by atoms with Crippen LogP contribution >= 0.6 is 0 Å². The Morgan fingerprint density at radius 2 is 1.55 bits per heavy atom. The molecule has 0 spiro atoms. The number of piperidine rings is 3. The summed E-state index contributed by atoms with van der Waals surface area (Å²) in [6.07, 6.45) is 8.76. The fourth-order valence-electron chi connectivity index (χ4n) is 8.42.